The summed E-state index contributed by atoms with van der Waals surface area (Å²) in [6, 6.07) is 54.3. The Labute approximate surface area is 576 Å². The van der Waals surface area contributed by atoms with Crippen LogP contribution in [0.2, 0.25) is 0 Å². The number of phenols is 3. The van der Waals surface area contributed by atoms with Crippen molar-refractivity contribution in [2.75, 3.05) is 45.5 Å². The topological polar surface area (TPSA) is 203 Å². The molecule has 1 saturated carbocycles. The van der Waals surface area contributed by atoms with Gasteiger partial charge in [0.1, 0.15) is 34.7 Å². The molecule has 3 aromatic heterocycles. The van der Waals surface area contributed by atoms with Gasteiger partial charge in [0.15, 0.2) is 0 Å². The summed E-state index contributed by atoms with van der Waals surface area (Å²) in [4.78, 5) is 30.4. The van der Waals surface area contributed by atoms with E-state index < -0.39 is 10.0 Å². The zero-order valence-electron chi connectivity index (χ0n) is 57.2. The Morgan fingerprint density at radius 1 is 0.485 bits per heavy atom. The molecule has 9 aromatic rings. The van der Waals surface area contributed by atoms with Crippen molar-refractivity contribution in [2.24, 2.45) is 17.8 Å². The third-order valence-electron chi connectivity index (χ3n) is 19.2. The number of phenolic OH excluding ortho intramolecular Hbond substituents is 3. The third-order valence-corrected chi connectivity index (χ3v) is 20.4. The molecular formula is C81H100N10O5S. The average Bonchev–Trinajstić information content (AvgIpc) is 1.13. The molecule has 15 nitrogen and oxygen atoms in total. The van der Waals surface area contributed by atoms with Gasteiger partial charge in [0.05, 0.1) is 23.3 Å². The lowest BCUT2D eigenvalue weighted by Gasteiger charge is -2.29. The first kappa shape index (κ1) is 71.5. The molecule has 0 unspecified atom stereocenters. The number of piperidine rings is 1. The Balaban J connectivity index is 0.000000158. The number of hydrogen-bond donors (Lipinski definition) is 5. The first-order chi connectivity index (χ1) is 47.2. The fourth-order valence-corrected chi connectivity index (χ4v) is 14.4. The van der Waals surface area contributed by atoms with Gasteiger partial charge in [-0.05, 0) is 234 Å². The molecule has 6 aromatic carbocycles. The maximum Gasteiger partial charge on any atom is 0.211 e. The highest BCUT2D eigenvalue weighted by molar-refractivity contribution is 7.88. The van der Waals surface area contributed by atoms with Crippen molar-refractivity contribution in [3.8, 4) is 51.0 Å². The first-order valence-electron chi connectivity index (χ1n) is 35.4. The number of aromatic hydroxyl groups is 3. The predicted octanol–water partition coefficient (Wildman–Crippen LogP) is 14.8. The molecule has 97 heavy (non-hydrogen) atoms. The number of nitrogens with zero attached hydrogens (tertiary/aromatic N) is 8. The highest BCUT2D eigenvalue weighted by Gasteiger charge is 2.25. The molecule has 1 aliphatic carbocycles. The van der Waals surface area contributed by atoms with E-state index in [-0.39, 0.29) is 5.75 Å². The van der Waals surface area contributed by atoms with Gasteiger partial charge in [0.25, 0.3) is 0 Å². The fourth-order valence-electron chi connectivity index (χ4n) is 13.6. The molecule has 0 bridgehead atoms. The smallest absolute Gasteiger partial charge is 0.211 e. The average molecular weight is 1330 g/mol. The molecule has 510 valence electrons. The van der Waals surface area contributed by atoms with Crippen LogP contribution in [0.1, 0.15) is 135 Å². The molecule has 0 radical (unpaired) electrons. The molecule has 3 fully saturated rings. The molecule has 2 saturated heterocycles. The predicted molar refractivity (Wildman–Crippen MR) is 390 cm³/mol. The Morgan fingerprint density at radius 2 is 0.938 bits per heavy atom. The number of aryl methyl sites for hydroxylation is 7. The summed E-state index contributed by atoms with van der Waals surface area (Å²) in [7, 11) is -3.28. The second kappa shape index (κ2) is 36.9. The van der Waals surface area contributed by atoms with E-state index in [0.717, 1.165) is 179 Å². The van der Waals surface area contributed by atoms with Gasteiger partial charge < -0.3 is 26.0 Å². The highest BCUT2D eigenvalue weighted by Crippen LogP contribution is 2.30. The second-order valence-electron chi connectivity index (χ2n) is 26.8. The number of nitrogens with one attached hydrogen (secondary N) is 2. The van der Waals surface area contributed by atoms with Crippen LogP contribution in [0.3, 0.4) is 0 Å². The normalized spacial score (nSPS) is 16.4. The molecule has 12 rings (SSSR count). The summed E-state index contributed by atoms with van der Waals surface area (Å²) in [5.41, 5.74) is 13.5. The van der Waals surface area contributed by atoms with Gasteiger partial charge >= 0.3 is 0 Å². The van der Waals surface area contributed by atoms with Crippen molar-refractivity contribution < 1.29 is 23.7 Å². The molecule has 5 N–H and O–H groups in total. The van der Waals surface area contributed by atoms with E-state index in [0.29, 0.717) is 36.5 Å². The molecular weight excluding hydrogens is 1230 g/mol. The van der Waals surface area contributed by atoms with Gasteiger partial charge in [-0.3, -0.25) is 4.90 Å². The summed E-state index contributed by atoms with van der Waals surface area (Å²) in [6.07, 6.45) is 25.9. The van der Waals surface area contributed by atoms with Crippen molar-refractivity contribution in [3.05, 3.63) is 233 Å². The largest absolute Gasteiger partial charge is 0.508 e. The molecule has 3 atom stereocenters. The van der Waals surface area contributed by atoms with Crippen LogP contribution in [0.5, 0.6) is 17.2 Å². The zero-order chi connectivity index (χ0) is 67.6. The number of hydrogen-bond acceptors (Lipinski definition) is 14. The minimum atomic E-state index is -3.28. The fraction of sp³-hybridized carbons (Fsp3) is 0.407. The van der Waals surface area contributed by atoms with Crippen LogP contribution in [-0.4, -0.2) is 114 Å². The maximum atomic E-state index is 12.4. The van der Waals surface area contributed by atoms with Gasteiger partial charge in [0.2, 0.25) is 10.0 Å². The number of rotatable bonds is 28. The number of likely N-dealkylation sites (N-methyl/N-ethyl adjacent to an activating group) is 1. The van der Waals surface area contributed by atoms with Crippen LogP contribution in [0.4, 0.5) is 0 Å². The monoisotopic (exact) mass is 1320 g/mol. The molecule has 0 spiro atoms. The van der Waals surface area contributed by atoms with E-state index >= 15 is 0 Å². The van der Waals surface area contributed by atoms with Crippen molar-refractivity contribution >= 4 is 10.0 Å². The van der Waals surface area contributed by atoms with E-state index in [1.165, 1.54) is 78.2 Å². The first-order valence-corrected chi connectivity index (χ1v) is 37.3. The van der Waals surface area contributed by atoms with E-state index in [9.17, 15) is 23.7 Å². The second-order valence-corrected chi connectivity index (χ2v) is 28.8. The Morgan fingerprint density at radius 3 is 1.37 bits per heavy atom. The van der Waals surface area contributed by atoms with Gasteiger partial charge in [-0.25, -0.2) is 38.3 Å². The lowest BCUT2D eigenvalue weighted by atomic mass is 9.83. The summed E-state index contributed by atoms with van der Waals surface area (Å²) in [5, 5.41) is 35.4. The number of sulfonamides is 1. The Hall–Kier alpha value is -8.25. The highest BCUT2D eigenvalue weighted by atomic mass is 32.2. The van der Waals surface area contributed by atoms with E-state index in [4.69, 9.17) is 15.0 Å². The van der Waals surface area contributed by atoms with E-state index in [1.54, 1.807) is 46.9 Å². The van der Waals surface area contributed by atoms with Crippen molar-refractivity contribution in [1.82, 2.24) is 49.7 Å². The third kappa shape index (κ3) is 23.5. The standard InChI is InChI=1S/C27H34N4O.C27H33N3O3S.C27H33N3O/c1-2-31(20-24-9-5-16-28-24)19-22-7-3-8-23(18-22)26-15-17-29-27(30-26)10-4-6-21-11-13-25(32)14-12-21;1-34(32,33)30(19-22-6-2-3-7-22)20-23-9-4-10-24(18-23)26-16-17-28-27(29-26)11-5-8-21-12-14-25(31)15-13-21;1-20-19-28-16-14-23(20)11-8-22-5-2-6-24(18-22)26-15-17-29-27(30-26)7-3-4-21-9-12-25(31)13-10-21/h3,7-8,11-15,17-18,24,28,32H,2,4-6,9-10,16,19-20H2,1H3;4,9-10,12-18,22,31H,2-3,5-8,11,19-20H2,1H3;2,5-6,9-10,12-13,15,17-18,20,23,28,31H,3-4,7-8,11,14,16,19H2,1H3/t24-;;20-,23-/m1.1/s1. The molecule has 0 amide bonds. The number of benzene rings is 6. The van der Waals surface area contributed by atoms with Gasteiger partial charge in [0, 0.05) is 86.8 Å². The van der Waals surface area contributed by atoms with Crippen LogP contribution in [-0.2, 0) is 68.1 Å². The van der Waals surface area contributed by atoms with E-state index in [1.807, 2.05) is 91.3 Å². The lowest BCUT2D eigenvalue weighted by Crippen LogP contribution is -2.37. The van der Waals surface area contributed by atoms with Crippen LogP contribution < -0.4 is 10.6 Å². The minimum absolute atomic E-state index is 0.278. The number of aromatic nitrogens is 6. The van der Waals surface area contributed by atoms with Gasteiger partial charge in [-0.2, -0.15) is 4.31 Å². The Kier molecular flexibility index (Phi) is 27.2. The SMILES string of the molecule is CCN(Cc1cccc(-c2ccnc(CCCc3ccc(O)cc3)n2)c1)C[C@H]1CCCN1.CS(=O)(=O)N(Cc1cccc(-c2ccnc(CCCc3ccc(O)cc3)n2)c1)CC1CCCC1.C[C@@H]1CNCC[C@H]1CCc1cccc(-c2ccnc(CCCc3ccc(O)cc3)n2)c1. The summed E-state index contributed by atoms with van der Waals surface area (Å²) >= 11 is 0. The molecule has 16 heteroatoms. The molecule has 5 heterocycles. The van der Waals surface area contributed by atoms with Crippen molar-refractivity contribution in [2.45, 2.75) is 149 Å². The quantitative estimate of drug-likeness (QED) is 0.0310. The summed E-state index contributed by atoms with van der Waals surface area (Å²) in [5.74, 6) is 5.52. The summed E-state index contributed by atoms with van der Waals surface area (Å²) < 4.78 is 26.5. The Bertz CT molecular complexity index is 3960. The summed E-state index contributed by atoms with van der Waals surface area (Å²) in [6.45, 7) is 12.2. The zero-order valence-corrected chi connectivity index (χ0v) is 58.0. The molecule has 2 aliphatic heterocycles. The van der Waals surface area contributed by atoms with Gasteiger partial charge in [-0.1, -0.05) is 118 Å². The lowest BCUT2D eigenvalue weighted by molar-refractivity contribution is 0.253. The van der Waals surface area contributed by atoms with Gasteiger partial charge in [-0.15, -0.1) is 0 Å². The minimum Gasteiger partial charge on any atom is -0.508 e. The van der Waals surface area contributed by atoms with Crippen LogP contribution >= 0.6 is 0 Å². The van der Waals surface area contributed by atoms with Crippen LogP contribution in [0, 0.1) is 17.8 Å². The van der Waals surface area contributed by atoms with E-state index in [2.05, 4.69) is 92.9 Å². The van der Waals surface area contributed by atoms with Crippen LogP contribution in [0.25, 0.3) is 33.8 Å². The molecule has 3 aliphatic rings. The maximum absolute atomic E-state index is 12.4. The van der Waals surface area contributed by atoms with Crippen LogP contribution in [0.15, 0.2) is 182 Å². The van der Waals surface area contributed by atoms with Crippen molar-refractivity contribution in [3.63, 3.8) is 0 Å². The van der Waals surface area contributed by atoms with Crippen molar-refractivity contribution in [1.29, 1.82) is 0 Å².